The predicted octanol–water partition coefficient (Wildman–Crippen LogP) is 4.37. The number of aliphatic hydroxyl groups excluding tert-OH is 1. The van der Waals surface area contributed by atoms with Gasteiger partial charge in [-0.05, 0) is 42.8 Å². The average molecular weight is 622 g/mol. The number of urea groups is 1. The molecule has 2 atom stereocenters. The van der Waals surface area contributed by atoms with Crippen LogP contribution in [0, 0.1) is 0 Å². The normalized spacial score (nSPS) is 13.5. The number of amides is 2. The Labute approximate surface area is 240 Å². The lowest BCUT2D eigenvalue weighted by molar-refractivity contribution is -0.207. The number of nitrogens with one attached hydrogen (secondary N) is 2. The van der Waals surface area contributed by atoms with Gasteiger partial charge in [-0.2, -0.15) is 26.3 Å². The molecular weight excluding hydrogens is 596 g/mol. The lowest BCUT2D eigenvalue weighted by Gasteiger charge is -2.19. The Balaban J connectivity index is 1.93. The minimum Gasteiger partial charge on any atom is -0.382 e. The zero-order chi connectivity index (χ0) is 31.2. The van der Waals surface area contributed by atoms with Crippen molar-refractivity contribution in [2.24, 2.45) is 0 Å². The van der Waals surface area contributed by atoms with Crippen molar-refractivity contribution in [3.8, 4) is 11.4 Å². The van der Waals surface area contributed by atoms with E-state index in [-0.39, 0.29) is 30.0 Å². The third-order valence-corrected chi connectivity index (χ3v) is 6.34. The van der Waals surface area contributed by atoms with Crippen LogP contribution in [0.2, 0.25) is 5.02 Å². The zero-order valence-corrected chi connectivity index (χ0v) is 22.7. The first-order valence-corrected chi connectivity index (χ1v) is 12.9. The van der Waals surface area contributed by atoms with E-state index in [9.17, 15) is 45.8 Å². The number of rotatable bonds is 11. The first-order chi connectivity index (χ1) is 19.6. The van der Waals surface area contributed by atoms with Crippen LogP contribution in [-0.2, 0) is 24.1 Å². The van der Waals surface area contributed by atoms with Crippen molar-refractivity contribution in [2.75, 3.05) is 13.1 Å². The molecule has 2 amide bonds. The second-order valence-corrected chi connectivity index (χ2v) is 9.68. The number of aliphatic hydroxyl groups is 1. The summed E-state index contributed by atoms with van der Waals surface area (Å²) in [5, 5.41) is 18.8. The highest BCUT2D eigenvalue weighted by Gasteiger charge is 2.39. The van der Waals surface area contributed by atoms with E-state index in [0.717, 1.165) is 18.2 Å². The summed E-state index contributed by atoms with van der Waals surface area (Å²) in [4.78, 5) is 38.0. The second kappa shape index (κ2) is 13.4. The summed E-state index contributed by atoms with van der Waals surface area (Å²) in [6, 6.07) is 9.13. The molecule has 0 saturated carbocycles. The van der Waals surface area contributed by atoms with Crippen molar-refractivity contribution in [3.05, 3.63) is 75.2 Å². The molecule has 1 heterocycles. The minimum absolute atomic E-state index is 0.0861. The van der Waals surface area contributed by atoms with E-state index >= 15 is 0 Å². The fraction of sp³-hybridized carbons (Fsp3) is 0.385. The molecule has 3 N–H and O–H groups in total. The van der Waals surface area contributed by atoms with Crippen LogP contribution in [0.5, 0.6) is 0 Å². The van der Waals surface area contributed by atoms with Gasteiger partial charge in [0.15, 0.2) is 17.7 Å². The van der Waals surface area contributed by atoms with Crippen molar-refractivity contribution in [1.29, 1.82) is 0 Å². The van der Waals surface area contributed by atoms with E-state index in [0.29, 0.717) is 14.3 Å². The number of carbonyl (C=O) groups is 2. The van der Waals surface area contributed by atoms with Crippen LogP contribution < -0.4 is 16.3 Å². The smallest absolute Gasteiger partial charge is 0.382 e. The number of alkyl halides is 6. The standard InChI is InChI=1S/C26H26ClF6N5O4/c1-2-34-23(41)35-12-17(16-4-3-5-18(10-16)25(28,29)30)11-20(39)13-38-24(42)37(14-21(40)26(31,32)33)22(36-38)15-6-8-19(27)9-7-15/h3-10,17,21,40H,2,11-14H2,1H3,(H2,34,35,41)/t17?,21-/m0/s1. The Hall–Kier alpha value is -3.85. The third-order valence-electron chi connectivity index (χ3n) is 6.09. The highest BCUT2D eigenvalue weighted by molar-refractivity contribution is 6.30. The minimum atomic E-state index is -5.05. The largest absolute Gasteiger partial charge is 0.416 e. The molecule has 3 rings (SSSR count). The molecule has 0 saturated heterocycles. The maximum absolute atomic E-state index is 13.3. The van der Waals surface area contributed by atoms with Gasteiger partial charge in [0.05, 0.1) is 12.1 Å². The van der Waals surface area contributed by atoms with Crippen LogP contribution in [-0.4, -0.2) is 56.6 Å². The Kier molecular flexibility index (Phi) is 10.4. The summed E-state index contributed by atoms with van der Waals surface area (Å²) < 4.78 is 80.4. The number of hydrogen-bond donors (Lipinski definition) is 3. The van der Waals surface area contributed by atoms with Crippen LogP contribution in [0.1, 0.15) is 30.4 Å². The SMILES string of the molecule is CCNC(=O)NCC(CC(=O)Cn1nc(-c2ccc(Cl)cc2)n(C[C@H](O)C(F)(F)F)c1=O)c1cccc(C(F)(F)F)c1. The molecule has 228 valence electrons. The number of carbonyl (C=O) groups excluding carboxylic acids is 2. The number of Topliss-reactive ketones (excluding diaryl/α,β-unsaturated/α-hetero) is 1. The van der Waals surface area contributed by atoms with E-state index in [2.05, 4.69) is 15.7 Å². The summed E-state index contributed by atoms with van der Waals surface area (Å²) in [6.07, 6.45) is -13.1. The fourth-order valence-corrected chi connectivity index (χ4v) is 4.15. The van der Waals surface area contributed by atoms with Gasteiger partial charge in [0.2, 0.25) is 0 Å². The van der Waals surface area contributed by atoms with Gasteiger partial charge in [-0.25, -0.2) is 14.3 Å². The molecule has 0 bridgehead atoms. The summed E-state index contributed by atoms with van der Waals surface area (Å²) >= 11 is 5.86. The predicted molar refractivity (Wildman–Crippen MR) is 140 cm³/mol. The quantitative estimate of drug-likeness (QED) is 0.275. The van der Waals surface area contributed by atoms with Crippen molar-refractivity contribution in [1.82, 2.24) is 25.0 Å². The van der Waals surface area contributed by atoms with Gasteiger partial charge in [0, 0.05) is 36.0 Å². The second-order valence-electron chi connectivity index (χ2n) is 9.24. The maximum atomic E-state index is 13.3. The van der Waals surface area contributed by atoms with Crippen LogP contribution in [0.4, 0.5) is 31.1 Å². The molecule has 3 aromatic rings. The Morgan fingerprint density at radius 2 is 1.71 bits per heavy atom. The monoisotopic (exact) mass is 621 g/mol. The van der Waals surface area contributed by atoms with E-state index in [4.69, 9.17) is 11.6 Å². The lowest BCUT2D eigenvalue weighted by atomic mass is 9.92. The van der Waals surface area contributed by atoms with E-state index in [1.165, 1.54) is 30.3 Å². The lowest BCUT2D eigenvalue weighted by Crippen LogP contribution is -2.38. The summed E-state index contributed by atoms with van der Waals surface area (Å²) in [5.74, 6) is -1.94. The van der Waals surface area contributed by atoms with Gasteiger partial charge in [-0.1, -0.05) is 29.8 Å². The molecule has 42 heavy (non-hydrogen) atoms. The van der Waals surface area contributed by atoms with Gasteiger partial charge >= 0.3 is 24.1 Å². The van der Waals surface area contributed by atoms with Gasteiger partial charge in [-0.3, -0.25) is 9.36 Å². The molecule has 9 nitrogen and oxygen atoms in total. The Morgan fingerprint density at radius 3 is 2.31 bits per heavy atom. The summed E-state index contributed by atoms with van der Waals surface area (Å²) in [6.45, 7) is -0.279. The molecule has 0 radical (unpaired) electrons. The van der Waals surface area contributed by atoms with E-state index in [1.807, 2.05) is 0 Å². The fourth-order valence-electron chi connectivity index (χ4n) is 4.02. The molecule has 1 aromatic heterocycles. The van der Waals surface area contributed by atoms with Crippen LogP contribution in [0.3, 0.4) is 0 Å². The molecule has 0 aliphatic rings. The number of aromatic nitrogens is 3. The zero-order valence-electron chi connectivity index (χ0n) is 22.0. The van der Waals surface area contributed by atoms with Gasteiger partial charge in [0.1, 0.15) is 6.54 Å². The van der Waals surface area contributed by atoms with E-state index < -0.39 is 67.0 Å². The first-order valence-electron chi connectivity index (χ1n) is 12.5. The third kappa shape index (κ3) is 8.58. The molecular formula is C26H26ClF6N5O4. The van der Waals surface area contributed by atoms with Crippen LogP contribution >= 0.6 is 11.6 Å². The van der Waals surface area contributed by atoms with Crippen molar-refractivity contribution >= 4 is 23.4 Å². The first kappa shape index (κ1) is 32.7. The number of hydrogen-bond acceptors (Lipinski definition) is 5. The molecule has 0 aliphatic heterocycles. The summed E-state index contributed by atoms with van der Waals surface area (Å²) in [5.41, 5.74) is -1.85. The maximum Gasteiger partial charge on any atom is 0.416 e. The summed E-state index contributed by atoms with van der Waals surface area (Å²) in [7, 11) is 0. The molecule has 0 spiro atoms. The van der Waals surface area contributed by atoms with Crippen LogP contribution in [0.15, 0.2) is 53.3 Å². The molecule has 2 aromatic carbocycles. The number of ketones is 1. The molecule has 1 unspecified atom stereocenters. The molecule has 0 fully saturated rings. The Morgan fingerprint density at radius 1 is 1.05 bits per heavy atom. The molecule has 16 heteroatoms. The van der Waals surface area contributed by atoms with Crippen molar-refractivity contribution in [2.45, 2.75) is 50.8 Å². The van der Waals surface area contributed by atoms with Crippen molar-refractivity contribution < 1.29 is 41.0 Å². The van der Waals surface area contributed by atoms with Gasteiger partial charge < -0.3 is 15.7 Å². The highest BCUT2D eigenvalue weighted by atomic mass is 35.5. The number of halogens is 7. The highest BCUT2D eigenvalue weighted by Crippen LogP contribution is 2.32. The van der Waals surface area contributed by atoms with E-state index in [1.54, 1.807) is 6.92 Å². The topological polar surface area (TPSA) is 118 Å². The number of nitrogens with zero attached hydrogens (tertiary/aromatic N) is 3. The average Bonchev–Trinajstić information content (AvgIpc) is 3.20. The van der Waals surface area contributed by atoms with Gasteiger partial charge in [-0.15, -0.1) is 5.10 Å². The Bertz CT molecular complexity index is 1450. The van der Waals surface area contributed by atoms with Crippen LogP contribution in [0.25, 0.3) is 11.4 Å². The van der Waals surface area contributed by atoms with Crippen molar-refractivity contribution in [3.63, 3.8) is 0 Å². The molecule has 0 aliphatic carbocycles. The van der Waals surface area contributed by atoms with Gasteiger partial charge in [0.25, 0.3) is 0 Å². The number of benzene rings is 2.